The first-order valence-electron chi connectivity index (χ1n) is 7.20. The average molecular weight is 263 g/mol. The Bertz CT molecular complexity index is 390. The lowest BCUT2D eigenvalue weighted by molar-refractivity contribution is -0.138. The third-order valence-corrected chi connectivity index (χ3v) is 3.37. The van der Waals surface area contributed by atoms with E-state index in [0.717, 1.165) is 24.1 Å². The molecule has 0 amide bonds. The van der Waals surface area contributed by atoms with Crippen LogP contribution in [0.5, 0.6) is 0 Å². The molecular formula is C16H25NO2. The molecule has 2 N–H and O–H groups in total. The Kier molecular flexibility index (Phi) is 7.01. The van der Waals surface area contributed by atoms with Crippen LogP contribution >= 0.6 is 0 Å². The largest absolute Gasteiger partial charge is 0.480 e. The van der Waals surface area contributed by atoms with Crippen LogP contribution in [0.1, 0.15) is 51.0 Å². The van der Waals surface area contributed by atoms with E-state index in [9.17, 15) is 9.90 Å². The first-order chi connectivity index (χ1) is 9.15. The molecule has 0 aliphatic rings. The van der Waals surface area contributed by atoms with Gasteiger partial charge in [0.2, 0.25) is 0 Å². The molecule has 0 bridgehead atoms. The molecule has 0 aliphatic carbocycles. The zero-order valence-corrected chi connectivity index (χ0v) is 12.0. The standard InChI is InChI=1S/C16H25NO2/c1-3-4-5-6-7-12-15(16(18)19)17-14-11-9-8-10-13(14)2/h8-11,15,17H,3-7,12H2,1-2H3,(H,18,19). The van der Waals surface area contributed by atoms with Gasteiger partial charge in [0.25, 0.3) is 0 Å². The van der Waals surface area contributed by atoms with Crippen molar-refractivity contribution in [3.05, 3.63) is 29.8 Å². The van der Waals surface area contributed by atoms with Gasteiger partial charge in [0.1, 0.15) is 6.04 Å². The van der Waals surface area contributed by atoms with Crippen molar-refractivity contribution < 1.29 is 9.90 Å². The van der Waals surface area contributed by atoms with Crippen LogP contribution in [-0.4, -0.2) is 17.1 Å². The smallest absolute Gasteiger partial charge is 0.326 e. The SMILES string of the molecule is CCCCCCCC(Nc1ccccc1C)C(=O)O. The normalized spacial score (nSPS) is 12.1. The summed E-state index contributed by atoms with van der Waals surface area (Å²) in [6, 6.07) is 7.32. The van der Waals surface area contributed by atoms with Crippen LogP contribution in [0.3, 0.4) is 0 Å². The first kappa shape index (κ1) is 15.5. The molecule has 0 aromatic heterocycles. The van der Waals surface area contributed by atoms with E-state index >= 15 is 0 Å². The van der Waals surface area contributed by atoms with E-state index in [1.54, 1.807) is 0 Å². The maximum absolute atomic E-state index is 11.3. The van der Waals surface area contributed by atoms with Crippen molar-refractivity contribution in [1.29, 1.82) is 0 Å². The lowest BCUT2D eigenvalue weighted by atomic mass is 10.1. The Morgan fingerprint density at radius 2 is 1.89 bits per heavy atom. The fourth-order valence-electron chi connectivity index (χ4n) is 2.13. The number of hydrogen-bond donors (Lipinski definition) is 2. The number of anilines is 1. The summed E-state index contributed by atoms with van der Waals surface area (Å²) in [7, 11) is 0. The zero-order chi connectivity index (χ0) is 14.1. The van der Waals surface area contributed by atoms with Crippen LogP contribution in [0, 0.1) is 6.92 Å². The minimum absolute atomic E-state index is 0.484. The maximum atomic E-state index is 11.3. The predicted octanol–water partition coefficient (Wildman–Crippen LogP) is 4.22. The van der Waals surface area contributed by atoms with Crippen LogP contribution in [0.25, 0.3) is 0 Å². The fraction of sp³-hybridized carbons (Fsp3) is 0.562. The summed E-state index contributed by atoms with van der Waals surface area (Å²) in [4.78, 5) is 11.3. The minimum atomic E-state index is -0.765. The Morgan fingerprint density at radius 1 is 1.21 bits per heavy atom. The number of carboxylic acid groups (broad SMARTS) is 1. The van der Waals surface area contributed by atoms with Gasteiger partial charge in [-0.05, 0) is 25.0 Å². The summed E-state index contributed by atoms with van der Waals surface area (Å²) in [6.07, 6.45) is 6.43. The van der Waals surface area contributed by atoms with Crippen LogP contribution in [-0.2, 0) is 4.79 Å². The molecule has 1 rings (SSSR count). The third-order valence-electron chi connectivity index (χ3n) is 3.37. The Hall–Kier alpha value is -1.51. The molecule has 0 saturated heterocycles. The molecule has 1 aromatic rings. The van der Waals surface area contributed by atoms with Gasteiger partial charge in [-0.25, -0.2) is 4.79 Å². The summed E-state index contributed by atoms with van der Waals surface area (Å²) < 4.78 is 0. The summed E-state index contributed by atoms with van der Waals surface area (Å²) >= 11 is 0. The molecule has 0 fully saturated rings. The van der Waals surface area contributed by atoms with E-state index in [0.29, 0.717) is 6.42 Å². The number of nitrogens with one attached hydrogen (secondary N) is 1. The van der Waals surface area contributed by atoms with E-state index in [1.807, 2.05) is 31.2 Å². The van der Waals surface area contributed by atoms with Gasteiger partial charge in [-0.15, -0.1) is 0 Å². The molecule has 0 heterocycles. The Balaban J connectivity index is 2.45. The van der Waals surface area contributed by atoms with Crippen molar-refractivity contribution in [2.45, 2.75) is 58.4 Å². The molecule has 1 aromatic carbocycles. The predicted molar refractivity (Wildman–Crippen MR) is 79.6 cm³/mol. The molecule has 3 heteroatoms. The molecule has 1 atom stereocenters. The van der Waals surface area contributed by atoms with Gasteiger partial charge in [-0.1, -0.05) is 57.2 Å². The van der Waals surface area contributed by atoms with E-state index in [2.05, 4.69) is 12.2 Å². The highest BCUT2D eigenvalue weighted by molar-refractivity contribution is 5.77. The van der Waals surface area contributed by atoms with Crippen molar-refractivity contribution in [3.63, 3.8) is 0 Å². The van der Waals surface area contributed by atoms with E-state index < -0.39 is 12.0 Å². The van der Waals surface area contributed by atoms with Gasteiger partial charge in [-0.2, -0.15) is 0 Å². The molecule has 106 valence electrons. The summed E-state index contributed by atoms with van der Waals surface area (Å²) in [5.41, 5.74) is 2.00. The fourth-order valence-corrected chi connectivity index (χ4v) is 2.13. The first-order valence-corrected chi connectivity index (χ1v) is 7.20. The Labute approximate surface area is 116 Å². The van der Waals surface area contributed by atoms with Crippen LogP contribution in [0.15, 0.2) is 24.3 Å². The van der Waals surface area contributed by atoms with Crippen molar-refractivity contribution in [2.75, 3.05) is 5.32 Å². The topological polar surface area (TPSA) is 49.3 Å². The Morgan fingerprint density at radius 3 is 2.53 bits per heavy atom. The molecular weight excluding hydrogens is 238 g/mol. The van der Waals surface area contributed by atoms with Crippen LogP contribution in [0.2, 0.25) is 0 Å². The molecule has 0 saturated carbocycles. The highest BCUT2D eigenvalue weighted by Crippen LogP contribution is 2.17. The summed E-state index contributed by atoms with van der Waals surface area (Å²) in [5.74, 6) is -0.765. The van der Waals surface area contributed by atoms with Gasteiger partial charge in [0.15, 0.2) is 0 Å². The highest BCUT2D eigenvalue weighted by atomic mass is 16.4. The van der Waals surface area contributed by atoms with Gasteiger partial charge >= 0.3 is 5.97 Å². The summed E-state index contributed by atoms with van der Waals surface area (Å²) in [5, 5.41) is 12.4. The lowest BCUT2D eigenvalue weighted by Crippen LogP contribution is -2.29. The number of rotatable bonds is 9. The van der Waals surface area contributed by atoms with E-state index in [1.165, 1.54) is 19.3 Å². The maximum Gasteiger partial charge on any atom is 0.326 e. The van der Waals surface area contributed by atoms with Gasteiger partial charge in [0, 0.05) is 5.69 Å². The number of aryl methyl sites for hydroxylation is 1. The third kappa shape index (κ3) is 5.77. The average Bonchev–Trinajstić information content (AvgIpc) is 2.39. The van der Waals surface area contributed by atoms with Crippen molar-refractivity contribution >= 4 is 11.7 Å². The van der Waals surface area contributed by atoms with E-state index in [4.69, 9.17) is 0 Å². The monoisotopic (exact) mass is 263 g/mol. The van der Waals surface area contributed by atoms with Gasteiger partial charge in [-0.3, -0.25) is 0 Å². The highest BCUT2D eigenvalue weighted by Gasteiger charge is 2.16. The van der Waals surface area contributed by atoms with Gasteiger partial charge < -0.3 is 10.4 Å². The molecule has 0 radical (unpaired) electrons. The second kappa shape index (κ2) is 8.57. The number of carboxylic acids is 1. The quantitative estimate of drug-likeness (QED) is 0.656. The molecule has 0 spiro atoms. The number of para-hydroxylation sites is 1. The zero-order valence-electron chi connectivity index (χ0n) is 12.0. The minimum Gasteiger partial charge on any atom is -0.480 e. The number of aliphatic carboxylic acids is 1. The van der Waals surface area contributed by atoms with E-state index in [-0.39, 0.29) is 0 Å². The number of carbonyl (C=O) groups is 1. The van der Waals surface area contributed by atoms with Gasteiger partial charge in [0.05, 0.1) is 0 Å². The van der Waals surface area contributed by atoms with Crippen LogP contribution in [0.4, 0.5) is 5.69 Å². The number of benzene rings is 1. The number of hydrogen-bond acceptors (Lipinski definition) is 2. The molecule has 3 nitrogen and oxygen atoms in total. The molecule has 1 unspecified atom stereocenters. The van der Waals surface area contributed by atoms with Crippen molar-refractivity contribution in [3.8, 4) is 0 Å². The molecule has 19 heavy (non-hydrogen) atoms. The molecule has 0 aliphatic heterocycles. The summed E-state index contributed by atoms with van der Waals surface area (Å²) in [6.45, 7) is 4.17. The van der Waals surface area contributed by atoms with Crippen molar-refractivity contribution in [1.82, 2.24) is 0 Å². The van der Waals surface area contributed by atoms with Crippen molar-refractivity contribution in [2.24, 2.45) is 0 Å². The lowest BCUT2D eigenvalue weighted by Gasteiger charge is -2.17. The number of unbranched alkanes of at least 4 members (excludes halogenated alkanes) is 4. The second-order valence-electron chi connectivity index (χ2n) is 5.05. The second-order valence-corrected chi connectivity index (χ2v) is 5.05. The van der Waals surface area contributed by atoms with Crippen LogP contribution < -0.4 is 5.32 Å².